The van der Waals surface area contributed by atoms with Crippen molar-refractivity contribution in [3.63, 3.8) is 0 Å². The van der Waals surface area contributed by atoms with Crippen LogP contribution in [0.4, 0.5) is 0 Å². The monoisotopic (exact) mass is 354 g/mol. The van der Waals surface area contributed by atoms with E-state index < -0.39 is 0 Å². The normalized spacial score (nSPS) is 12.2. The van der Waals surface area contributed by atoms with Crippen LogP contribution in [-0.2, 0) is 0 Å². The number of halogens is 2. The van der Waals surface area contributed by atoms with Gasteiger partial charge in [-0.15, -0.1) is 0 Å². The number of benzene rings is 1. The van der Waals surface area contributed by atoms with E-state index in [1.165, 1.54) is 0 Å². The Morgan fingerprint density at radius 2 is 2.15 bits per heavy atom. The van der Waals surface area contributed by atoms with Crippen molar-refractivity contribution in [2.45, 2.75) is 19.9 Å². The molecule has 1 N–H and O–H groups in total. The molecule has 106 valence electrons. The molecule has 2 rings (SSSR count). The van der Waals surface area contributed by atoms with Crippen molar-refractivity contribution < 1.29 is 4.74 Å². The molecule has 1 unspecified atom stereocenters. The van der Waals surface area contributed by atoms with Crippen molar-refractivity contribution in [1.82, 2.24) is 10.3 Å². The first-order chi connectivity index (χ1) is 9.60. The lowest BCUT2D eigenvalue weighted by Crippen LogP contribution is -2.17. The van der Waals surface area contributed by atoms with Crippen molar-refractivity contribution in [3.8, 4) is 11.6 Å². The highest BCUT2D eigenvalue weighted by atomic mass is 79.9. The lowest BCUT2D eigenvalue weighted by molar-refractivity contribution is 0.458. The summed E-state index contributed by atoms with van der Waals surface area (Å²) in [5.74, 6) is 1.25. The summed E-state index contributed by atoms with van der Waals surface area (Å²) in [4.78, 5) is 4.32. The number of nitrogens with one attached hydrogen (secondary N) is 1. The van der Waals surface area contributed by atoms with Gasteiger partial charge in [-0.1, -0.05) is 24.6 Å². The van der Waals surface area contributed by atoms with Crippen molar-refractivity contribution >= 4 is 27.5 Å². The van der Waals surface area contributed by atoms with Gasteiger partial charge in [0.05, 0.1) is 4.47 Å². The first-order valence-electron chi connectivity index (χ1n) is 6.42. The second-order valence-electron chi connectivity index (χ2n) is 4.39. The van der Waals surface area contributed by atoms with Crippen LogP contribution < -0.4 is 10.1 Å². The lowest BCUT2D eigenvalue weighted by Gasteiger charge is -2.13. The molecular weight excluding hydrogens is 340 g/mol. The summed E-state index contributed by atoms with van der Waals surface area (Å²) >= 11 is 9.31. The Hall–Kier alpha value is -1.10. The molecule has 0 bridgehead atoms. The van der Waals surface area contributed by atoms with Crippen LogP contribution in [0.1, 0.15) is 25.5 Å². The molecule has 0 aliphatic heterocycles. The maximum atomic E-state index is 5.90. The van der Waals surface area contributed by atoms with Crippen LogP contribution in [0.5, 0.6) is 11.6 Å². The summed E-state index contributed by atoms with van der Waals surface area (Å²) in [6.07, 6.45) is 1.83. The third-order valence-electron chi connectivity index (χ3n) is 2.88. The number of aromatic nitrogens is 1. The minimum atomic E-state index is 0.281. The van der Waals surface area contributed by atoms with Gasteiger partial charge in [0, 0.05) is 23.3 Å². The molecule has 0 fully saturated rings. The first kappa shape index (κ1) is 15.3. The third kappa shape index (κ3) is 3.95. The zero-order chi connectivity index (χ0) is 14.5. The highest BCUT2D eigenvalue weighted by Crippen LogP contribution is 2.31. The smallest absolute Gasteiger partial charge is 0.219 e. The van der Waals surface area contributed by atoms with Gasteiger partial charge in [-0.3, -0.25) is 0 Å². The third-order valence-corrected chi connectivity index (χ3v) is 3.73. The van der Waals surface area contributed by atoms with Gasteiger partial charge in [-0.05, 0) is 53.2 Å². The molecule has 0 aliphatic rings. The lowest BCUT2D eigenvalue weighted by atomic mass is 10.1. The predicted molar refractivity (Wildman–Crippen MR) is 85.6 cm³/mol. The van der Waals surface area contributed by atoms with Crippen molar-refractivity contribution in [2.24, 2.45) is 0 Å². The molecule has 5 heteroatoms. The van der Waals surface area contributed by atoms with Crippen LogP contribution in [0.15, 0.2) is 41.0 Å². The second kappa shape index (κ2) is 7.07. The van der Waals surface area contributed by atoms with Gasteiger partial charge in [0.1, 0.15) is 5.75 Å². The standard InChI is InChI=1S/C15H16BrClN2O/c1-3-18-10(2)11-4-7-15(19-9-11)20-14-6-5-12(17)8-13(14)16/h4-10,18H,3H2,1-2H3. The fraction of sp³-hybridized carbons (Fsp3) is 0.267. The largest absolute Gasteiger partial charge is 0.438 e. The Morgan fingerprint density at radius 3 is 2.75 bits per heavy atom. The summed E-state index contributed by atoms with van der Waals surface area (Å²) in [5.41, 5.74) is 1.13. The summed E-state index contributed by atoms with van der Waals surface area (Å²) in [6, 6.07) is 9.54. The van der Waals surface area contributed by atoms with Gasteiger partial charge in [-0.25, -0.2) is 4.98 Å². The Kier molecular flexibility index (Phi) is 5.40. The van der Waals surface area contributed by atoms with Crippen LogP contribution >= 0.6 is 27.5 Å². The topological polar surface area (TPSA) is 34.1 Å². The van der Waals surface area contributed by atoms with E-state index in [9.17, 15) is 0 Å². The van der Waals surface area contributed by atoms with Crippen LogP contribution in [0.2, 0.25) is 5.02 Å². The fourth-order valence-corrected chi connectivity index (χ4v) is 2.57. The van der Waals surface area contributed by atoms with E-state index in [4.69, 9.17) is 16.3 Å². The van der Waals surface area contributed by atoms with Crippen LogP contribution in [0.3, 0.4) is 0 Å². The maximum absolute atomic E-state index is 5.90. The molecule has 0 aliphatic carbocycles. The Bertz CT molecular complexity index is 575. The highest BCUT2D eigenvalue weighted by molar-refractivity contribution is 9.10. The minimum Gasteiger partial charge on any atom is -0.438 e. The van der Waals surface area contributed by atoms with Crippen molar-refractivity contribution in [2.75, 3.05) is 6.54 Å². The molecule has 1 heterocycles. The molecule has 1 aromatic carbocycles. The Morgan fingerprint density at radius 1 is 1.35 bits per heavy atom. The van der Waals surface area contributed by atoms with Crippen LogP contribution in [0, 0.1) is 0 Å². The molecule has 2 aromatic rings. The van der Waals surface area contributed by atoms with Crippen molar-refractivity contribution in [3.05, 3.63) is 51.6 Å². The Labute approximate surface area is 132 Å². The van der Waals surface area contributed by atoms with E-state index >= 15 is 0 Å². The second-order valence-corrected chi connectivity index (χ2v) is 5.68. The summed E-state index contributed by atoms with van der Waals surface area (Å²) in [7, 11) is 0. The zero-order valence-corrected chi connectivity index (χ0v) is 13.7. The molecule has 0 saturated heterocycles. The van der Waals surface area contributed by atoms with E-state index in [0.717, 1.165) is 16.6 Å². The van der Waals surface area contributed by atoms with Crippen LogP contribution in [-0.4, -0.2) is 11.5 Å². The van der Waals surface area contributed by atoms with E-state index in [2.05, 4.69) is 40.1 Å². The average Bonchev–Trinajstić information content (AvgIpc) is 2.43. The summed E-state index contributed by atoms with van der Waals surface area (Å²) < 4.78 is 6.52. The highest BCUT2D eigenvalue weighted by Gasteiger charge is 2.07. The molecule has 1 aromatic heterocycles. The van der Waals surface area contributed by atoms with Gasteiger partial charge < -0.3 is 10.1 Å². The molecule has 0 spiro atoms. The molecule has 0 radical (unpaired) electrons. The predicted octanol–water partition coefficient (Wildman–Crippen LogP) is 4.96. The number of rotatable bonds is 5. The fourth-order valence-electron chi connectivity index (χ4n) is 1.80. The van der Waals surface area contributed by atoms with Gasteiger partial charge >= 0.3 is 0 Å². The number of nitrogens with zero attached hydrogens (tertiary/aromatic N) is 1. The number of hydrogen-bond donors (Lipinski definition) is 1. The van der Waals surface area contributed by atoms with Crippen molar-refractivity contribution in [1.29, 1.82) is 0 Å². The van der Waals surface area contributed by atoms with E-state index in [1.54, 1.807) is 12.1 Å². The van der Waals surface area contributed by atoms with Gasteiger partial charge in [0.25, 0.3) is 0 Å². The maximum Gasteiger partial charge on any atom is 0.219 e. The molecule has 0 saturated carbocycles. The zero-order valence-electron chi connectivity index (χ0n) is 11.4. The van der Waals surface area contributed by atoms with Gasteiger partial charge in [0.2, 0.25) is 5.88 Å². The quantitative estimate of drug-likeness (QED) is 0.823. The number of pyridine rings is 1. The van der Waals surface area contributed by atoms with Gasteiger partial charge in [0.15, 0.2) is 0 Å². The molecule has 0 amide bonds. The Balaban J connectivity index is 2.10. The summed E-state index contributed by atoms with van der Waals surface area (Å²) in [5, 5.41) is 4.00. The van der Waals surface area contributed by atoms with E-state index in [0.29, 0.717) is 16.7 Å². The minimum absolute atomic E-state index is 0.281. The molecule has 3 nitrogen and oxygen atoms in total. The van der Waals surface area contributed by atoms with Crippen LogP contribution in [0.25, 0.3) is 0 Å². The molecular formula is C15H16BrClN2O. The van der Waals surface area contributed by atoms with E-state index in [1.807, 2.05) is 24.4 Å². The SMILES string of the molecule is CCNC(C)c1ccc(Oc2ccc(Cl)cc2Br)nc1. The average molecular weight is 356 g/mol. The molecule has 20 heavy (non-hydrogen) atoms. The summed E-state index contributed by atoms with van der Waals surface area (Å²) in [6.45, 7) is 5.12. The number of ether oxygens (including phenoxy) is 1. The molecule has 1 atom stereocenters. The number of hydrogen-bond acceptors (Lipinski definition) is 3. The van der Waals surface area contributed by atoms with E-state index in [-0.39, 0.29) is 6.04 Å². The first-order valence-corrected chi connectivity index (χ1v) is 7.59. The van der Waals surface area contributed by atoms with Gasteiger partial charge in [-0.2, -0.15) is 0 Å².